The topological polar surface area (TPSA) is 26.3 Å². The Balaban J connectivity index is 2.07. The lowest BCUT2D eigenvalue weighted by Crippen LogP contribution is -2.05. The molecule has 0 saturated carbocycles. The lowest BCUT2D eigenvalue weighted by molar-refractivity contribution is -0.143. The molecule has 1 aliphatic rings. The van der Waals surface area contributed by atoms with Crippen LogP contribution in [0.3, 0.4) is 0 Å². The van der Waals surface area contributed by atoms with Crippen molar-refractivity contribution in [3.63, 3.8) is 0 Å². The molecule has 0 bridgehead atoms. The van der Waals surface area contributed by atoms with Gasteiger partial charge in [0, 0.05) is 6.42 Å². The van der Waals surface area contributed by atoms with Gasteiger partial charge in [0.1, 0.15) is 0 Å². The fraction of sp³-hybridized carbons (Fsp3) is 0.964. The standard InChI is InChI=1S/C28H54O2/c29-28-26-24-22-20-18-16-14-12-10-8-6-4-2-1-3-5-7-9-11-13-15-17-19-21-23-25-27-30-28/h1-27H2. The number of rotatable bonds is 0. The molecule has 2 nitrogen and oxygen atoms in total. The molecule has 1 saturated heterocycles. The highest BCUT2D eigenvalue weighted by molar-refractivity contribution is 5.69. The summed E-state index contributed by atoms with van der Waals surface area (Å²) in [5.41, 5.74) is 0. The molecule has 0 aromatic heterocycles. The van der Waals surface area contributed by atoms with Crippen molar-refractivity contribution in [3.8, 4) is 0 Å². The van der Waals surface area contributed by atoms with Crippen molar-refractivity contribution in [2.75, 3.05) is 6.61 Å². The van der Waals surface area contributed by atoms with Crippen molar-refractivity contribution < 1.29 is 9.53 Å². The average molecular weight is 423 g/mol. The van der Waals surface area contributed by atoms with Crippen molar-refractivity contribution in [2.45, 2.75) is 167 Å². The van der Waals surface area contributed by atoms with Crippen molar-refractivity contribution in [3.05, 3.63) is 0 Å². The second-order valence-corrected chi connectivity index (χ2v) is 9.81. The zero-order valence-electron chi connectivity index (χ0n) is 20.4. The summed E-state index contributed by atoms with van der Waals surface area (Å²) in [6.07, 6.45) is 34.8. The van der Waals surface area contributed by atoms with Crippen LogP contribution < -0.4 is 0 Å². The summed E-state index contributed by atoms with van der Waals surface area (Å²) in [5, 5.41) is 0. The molecule has 0 aliphatic carbocycles. The van der Waals surface area contributed by atoms with Crippen LogP contribution in [0.2, 0.25) is 0 Å². The molecule has 0 aromatic rings. The summed E-state index contributed by atoms with van der Waals surface area (Å²) in [6.45, 7) is 0.638. The van der Waals surface area contributed by atoms with E-state index in [0.29, 0.717) is 13.0 Å². The largest absolute Gasteiger partial charge is 0.466 e. The second-order valence-electron chi connectivity index (χ2n) is 9.81. The summed E-state index contributed by atoms with van der Waals surface area (Å²) in [5.74, 6) is 0.0268. The Morgan fingerprint density at radius 1 is 0.333 bits per heavy atom. The normalized spacial score (nSPS) is 23.4. The van der Waals surface area contributed by atoms with Gasteiger partial charge in [-0.15, -0.1) is 0 Å². The van der Waals surface area contributed by atoms with E-state index in [1.807, 2.05) is 0 Å². The molecule has 0 atom stereocenters. The lowest BCUT2D eigenvalue weighted by atomic mass is 10.0. The van der Waals surface area contributed by atoms with Gasteiger partial charge in [0.05, 0.1) is 6.61 Å². The molecule has 0 radical (unpaired) electrons. The molecule has 0 aromatic carbocycles. The molecule has 0 N–H and O–H groups in total. The Morgan fingerprint density at radius 2 is 0.567 bits per heavy atom. The third-order valence-electron chi connectivity index (χ3n) is 6.79. The SMILES string of the molecule is O=C1CCCCCCCCCCCCCCCCCCCCCCCCCCCO1. The van der Waals surface area contributed by atoms with Gasteiger partial charge in [0.15, 0.2) is 0 Å². The molecule has 0 spiro atoms. The highest BCUT2D eigenvalue weighted by Gasteiger charge is 2.03. The summed E-state index contributed by atoms with van der Waals surface area (Å²) >= 11 is 0. The van der Waals surface area contributed by atoms with Crippen LogP contribution in [0.25, 0.3) is 0 Å². The monoisotopic (exact) mass is 422 g/mol. The van der Waals surface area contributed by atoms with E-state index in [2.05, 4.69) is 0 Å². The Morgan fingerprint density at radius 3 is 0.867 bits per heavy atom. The van der Waals surface area contributed by atoms with E-state index in [-0.39, 0.29) is 5.97 Å². The second kappa shape index (κ2) is 23.1. The summed E-state index contributed by atoms with van der Waals surface area (Å²) in [4.78, 5) is 11.8. The maximum absolute atomic E-state index is 11.8. The Bertz CT molecular complexity index is 321. The first kappa shape index (κ1) is 27.5. The van der Waals surface area contributed by atoms with Gasteiger partial charge in [0.25, 0.3) is 0 Å². The molecular formula is C28H54O2. The maximum atomic E-state index is 11.8. The maximum Gasteiger partial charge on any atom is 0.305 e. The molecule has 1 fully saturated rings. The molecular weight excluding hydrogens is 368 g/mol. The van der Waals surface area contributed by atoms with Gasteiger partial charge < -0.3 is 4.74 Å². The van der Waals surface area contributed by atoms with Crippen molar-refractivity contribution >= 4 is 5.97 Å². The minimum Gasteiger partial charge on any atom is -0.466 e. The van der Waals surface area contributed by atoms with Crippen LogP contribution in [-0.4, -0.2) is 12.6 Å². The molecule has 0 amide bonds. The highest BCUT2D eigenvalue weighted by Crippen LogP contribution is 2.16. The van der Waals surface area contributed by atoms with E-state index in [9.17, 15) is 4.79 Å². The molecule has 2 heteroatoms. The van der Waals surface area contributed by atoms with E-state index in [4.69, 9.17) is 4.74 Å². The van der Waals surface area contributed by atoms with Crippen LogP contribution in [-0.2, 0) is 9.53 Å². The minimum absolute atomic E-state index is 0.0268. The van der Waals surface area contributed by atoms with Crippen molar-refractivity contribution in [1.29, 1.82) is 0 Å². The summed E-state index contributed by atoms with van der Waals surface area (Å²) in [7, 11) is 0. The van der Waals surface area contributed by atoms with Gasteiger partial charge in [-0.3, -0.25) is 4.79 Å². The van der Waals surface area contributed by atoms with E-state index in [1.54, 1.807) is 0 Å². The molecule has 30 heavy (non-hydrogen) atoms. The van der Waals surface area contributed by atoms with Crippen LogP contribution in [0.4, 0.5) is 0 Å². The van der Waals surface area contributed by atoms with Crippen LogP contribution in [0.1, 0.15) is 167 Å². The van der Waals surface area contributed by atoms with Gasteiger partial charge >= 0.3 is 5.97 Å². The number of hydrogen-bond donors (Lipinski definition) is 0. The van der Waals surface area contributed by atoms with Gasteiger partial charge in [-0.05, 0) is 12.8 Å². The Labute approximate surface area is 189 Å². The highest BCUT2D eigenvalue weighted by atomic mass is 16.5. The zero-order chi connectivity index (χ0) is 21.4. The van der Waals surface area contributed by atoms with Crippen LogP contribution in [0, 0.1) is 0 Å². The number of esters is 1. The quantitative estimate of drug-likeness (QED) is 0.363. The summed E-state index contributed by atoms with van der Waals surface area (Å²) in [6, 6.07) is 0. The third kappa shape index (κ3) is 20.7. The van der Waals surface area contributed by atoms with Crippen LogP contribution in [0.5, 0.6) is 0 Å². The number of hydrogen-bond acceptors (Lipinski definition) is 2. The van der Waals surface area contributed by atoms with Crippen LogP contribution >= 0.6 is 0 Å². The predicted octanol–water partition coefficient (Wildman–Crippen LogP) is 9.69. The number of carbonyl (C=O) groups excluding carboxylic acids is 1. The average Bonchev–Trinajstić information content (AvgIpc) is 2.75. The first-order valence-electron chi connectivity index (χ1n) is 14.1. The van der Waals surface area contributed by atoms with Gasteiger partial charge in [-0.1, -0.05) is 148 Å². The third-order valence-corrected chi connectivity index (χ3v) is 6.79. The molecule has 1 heterocycles. The smallest absolute Gasteiger partial charge is 0.305 e. The van der Waals surface area contributed by atoms with E-state index < -0.39 is 0 Å². The van der Waals surface area contributed by atoms with Crippen molar-refractivity contribution in [2.24, 2.45) is 0 Å². The predicted molar refractivity (Wildman–Crippen MR) is 131 cm³/mol. The van der Waals surface area contributed by atoms with E-state index in [0.717, 1.165) is 12.8 Å². The summed E-state index contributed by atoms with van der Waals surface area (Å²) < 4.78 is 5.39. The number of cyclic esters (lactones) is 1. The van der Waals surface area contributed by atoms with Crippen LogP contribution in [0.15, 0.2) is 0 Å². The van der Waals surface area contributed by atoms with Gasteiger partial charge in [0.2, 0.25) is 0 Å². The van der Waals surface area contributed by atoms with E-state index >= 15 is 0 Å². The lowest BCUT2D eigenvalue weighted by Gasteiger charge is -2.06. The molecule has 1 rings (SSSR count). The fourth-order valence-corrected chi connectivity index (χ4v) is 4.70. The number of ether oxygens (including phenoxy) is 1. The first-order valence-corrected chi connectivity index (χ1v) is 14.1. The van der Waals surface area contributed by atoms with Gasteiger partial charge in [-0.2, -0.15) is 0 Å². The fourth-order valence-electron chi connectivity index (χ4n) is 4.70. The zero-order valence-corrected chi connectivity index (χ0v) is 20.4. The molecule has 0 unspecified atom stereocenters. The van der Waals surface area contributed by atoms with E-state index in [1.165, 1.54) is 148 Å². The van der Waals surface area contributed by atoms with Gasteiger partial charge in [-0.25, -0.2) is 0 Å². The Kier molecular flexibility index (Phi) is 21.2. The Hall–Kier alpha value is -0.530. The molecule has 178 valence electrons. The number of carbonyl (C=O) groups is 1. The molecule has 1 aliphatic heterocycles. The minimum atomic E-state index is 0.0268. The van der Waals surface area contributed by atoms with Crippen molar-refractivity contribution in [1.82, 2.24) is 0 Å². The first-order chi connectivity index (χ1) is 14.9.